The smallest absolute Gasteiger partial charge is 0.0832 e. The number of aromatic nitrogens is 3. The van der Waals surface area contributed by atoms with E-state index in [4.69, 9.17) is 0 Å². The predicted octanol–water partition coefficient (Wildman–Crippen LogP) is 3.55. The zero-order chi connectivity index (χ0) is 12.8. The SMILES string of the molecule is CC(C)C.Cc1ccc(-n2nccc2C)cn1. The van der Waals surface area contributed by atoms with E-state index in [1.807, 2.05) is 42.9 Å². The van der Waals surface area contributed by atoms with E-state index < -0.39 is 0 Å². The molecule has 92 valence electrons. The number of aryl methyl sites for hydroxylation is 2. The third-order valence-corrected chi connectivity index (χ3v) is 1.97. The largest absolute Gasteiger partial charge is 0.259 e. The van der Waals surface area contributed by atoms with Crippen LogP contribution >= 0.6 is 0 Å². The van der Waals surface area contributed by atoms with Crippen LogP contribution in [0.2, 0.25) is 0 Å². The Morgan fingerprint density at radius 1 is 1.06 bits per heavy atom. The highest BCUT2D eigenvalue weighted by Gasteiger charge is 1.99. The van der Waals surface area contributed by atoms with Crippen molar-refractivity contribution in [2.45, 2.75) is 34.6 Å². The van der Waals surface area contributed by atoms with E-state index in [1.165, 1.54) is 0 Å². The highest BCUT2D eigenvalue weighted by molar-refractivity contribution is 5.30. The molecular formula is C14H21N3. The third-order valence-electron chi connectivity index (χ3n) is 1.97. The van der Waals surface area contributed by atoms with Crippen LogP contribution in [0.3, 0.4) is 0 Å². The predicted molar refractivity (Wildman–Crippen MR) is 71.3 cm³/mol. The second kappa shape index (κ2) is 6.18. The van der Waals surface area contributed by atoms with Crippen LogP contribution in [0, 0.1) is 19.8 Å². The molecule has 0 fully saturated rings. The molecule has 0 amide bonds. The molecule has 0 aliphatic rings. The van der Waals surface area contributed by atoms with Crippen molar-refractivity contribution in [2.24, 2.45) is 5.92 Å². The maximum absolute atomic E-state index is 4.22. The molecule has 2 rings (SSSR count). The van der Waals surface area contributed by atoms with Gasteiger partial charge in [0.25, 0.3) is 0 Å². The minimum atomic E-state index is 0.833. The van der Waals surface area contributed by atoms with Gasteiger partial charge in [-0.15, -0.1) is 0 Å². The Bertz CT molecular complexity index is 438. The summed E-state index contributed by atoms with van der Waals surface area (Å²) in [5.41, 5.74) is 3.15. The summed E-state index contributed by atoms with van der Waals surface area (Å²) in [4.78, 5) is 4.22. The van der Waals surface area contributed by atoms with Gasteiger partial charge in [0.05, 0.1) is 11.9 Å². The molecule has 0 N–H and O–H groups in total. The molecule has 3 heteroatoms. The molecule has 0 radical (unpaired) electrons. The highest BCUT2D eigenvalue weighted by Crippen LogP contribution is 2.08. The molecule has 2 aromatic heterocycles. The van der Waals surface area contributed by atoms with Crippen LogP contribution in [-0.4, -0.2) is 14.8 Å². The lowest BCUT2D eigenvalue weighted by Gasteiger charge is -2.02. The van der Waals surface area contributed by atoms with Crippen molar-refractivity contribution in [3.63, 3.8) is 0 Å². The first-order valence-corrected chi connectivity index (χ1v) is 5.94. The van der Waals surface area contributed by atoms with Gasteiger partial charge in [-0.1, -0.05) is 20.8 Å². The number of nitrogens with zero attached hydrogens (tertiary/aromatic N) is 3. The van der Waals surface area contributed by atoms with Crippen molar-refractivity contribution < 1.29 is 0 Å². The van der Waals surface area contributed by atoms with E-state index in [2.05, 4.69) is 30.9 Å². The van der Waals surface area contributed by atoms with Crippen LogP contribution in [0.25, 0.3) is 5.69 Å². The lowest BCUT2D eigenvalue weighted by atomic mass is 10.3. The fraction of sp³-hybridized carbons (Fsp3) is 0.429. The monoisotopic (exact) mass is 231 g/mol. The first-order valence-electron chi connectivity index (χ1n) is 5.94. The zero-order valence-electron chi connectivity index (χ0n) is 11.3. The second-order valence-electron chi connectivity index (χ2n) is 4.77. The highest BCUT2D eigenvalue weighted by atomic mass is 15.3. The fourth-order valence-electron chi connectivity index (χ4n) is 1.23. The van der Waals surface area contributed by atoms with Gasteiger partial charge in [-0.2, -0.15) is 5.10 Å². The van der Waals surface area contributed by atoms with Crippen LogP contribution in [-0.2, 0) is 0 Å². The molecule has 0 aliphatic heterocycles. The lowest BCUT2D eigenvalue weighted by Crippen LogP contribution is -1.99. The minimum absolute atomic E-state index is 0.833. The Balaban J connectivity index is 0.000000317. The standard InChI is InChI=1S/C10H11N3.C4H10/c1-8-3-4-10(7-11-8)13-9(2)5-6-12-13;1-4(2)3/h3-7H,1-2H3;4H,1-3H3. The summed E-state index contributed by atoms with van der Waals surface area (Å²) >= 11 is 0. The first kappa shape index (κ1) is 13.4. The topological polar surface area (TPSA) is 30.7 Å². The molecule has 0 saturated heterocycles. The molecule has 0 spiro atoms. The molecule has 0 aliphatic carbocycles. The van der Waals surface area contributed by atoms with Crippen molar-refractivity contribution in [1.82, 2.24) is 14.8 Å². The maximum Gasteiger partial charge on any atom is 0.0832 e. The van der Waals surface area contributed by atoms with Gasteiger partial charge in [-0.3, -0.25) is 4.98 Å². The summed E-state index contributed by atoms with van der Waals surface area (Å²) in [7, 11) is 0. The minimum Gasteiger partial charge on any atom is -0.259 e. The van der Waals surface area contributed by atoms with E-state index in [1.54, 1.807) is 6.20 Å². The summed E-state index contributed by atoms with van der Waals surface area (Å²) in [6.07, 6.45) is 3.62. The summed E-state index contributed by atoms with van der Waals surface area (Å²) in [5, 5.41) is 4.19. The molecule has 0 aromatic carbocycles. The van der Waals surface area contributed by atoms with Crippen LogP contribution in [0.4, 0.5) is 0 Å². The van der Waals surface area contributed by atoms with Gasteiger partial charge in [0.2, 0.25) is 0 Å². The summed E-state index contributed by atoms with van der Waals surface area (Å²) < 4.78 is 1.87. The van der Waals surface area contributed by atoms with Crippen LogP contribution in [0.15, 0.2) is 30.6 Å². The van der Waals surface area contributed by atoms with Gasteiger partial charge in [0.1, 0.15) is 0 Å². The number of hydrogen-bond acceptors (Lipinski definition) is 2. The van der Waals surface area contributed by atoms with E-state index >= 15 is 0 Å². The Morgan fingerprint density at radius 3 is 2.12 bits per heavy atom. The molecule has 0 saturated carbocycles. The lowest BCUT2D eigenvalue weighted by molar-refractivity contribution is 0.737. The number of pyridine rings is 1. The van der Waals surface area contributed by atoms with Crippen LogP contribution in [0.5, 0.6) is 0 Å². The van der Waals surface area contributed by atoms with Gasteiger partial charge in [0.15, 0.2) is 0 Å². The maximum atomic E-state index is 4.22. The Labute approximate surface area is 104 Å². The van der Waals surface area contributed by atoms with Crippen molar-refractivity contribution in [3.05, 3.63) is 42.0 Å². The van der Waals surface area contributed by atoms with E-state index in [9.17, 15) is 0 Å². The number of rotatable bonds is 1. The van der Waals surface area contributed by atoms with E-state index in [0.29, 0.717) is 0 Å². The molecule has 2 heterocycles. The molecule has 0 atom stereocenters. The fourth-order valence-corrected chi connectivity index (χ4v) is 1.23. The first-order chi connectivity index (χ1) is 8.00. The second-order valence-corrected chi connectivity index (χ2v) is 4.77. The Hall–Kier alpha value is -1.64. The van der Waals surface area contributed by atoms with Crippen LogP contribution < -0.4 is 0 Å². The quantitative estimate of drug-likeness (QED) is 0.751. The molecule has 0 unspecified atom stereocenters. The van der Waals surface area contributed by atoms with Gasteiger partial charge in [0, 0.05) is 17.6 Å². The van der Waals surface area contributed by atoms with E-state index in [-0.39, 0.29) is 0 Å². The zero-order valence-corrected chi connectivity index (χ0v) is 11.3. The average Bonchev–Trinajstić information content (AvgIpc) is 2.65. The number of hydrogen-bond donors (Lipinski definition) is 0. The van der Waals surface area contributed by atoms with Crippen molar-refractivity contribution in [3.8, 4) is 5.69 Å². The molecule has 2 aromatic rings. The van der Waals surface area contributed by atoms with Gasteiger partial charge < -0.3 is 0 Å². The van der Waals surface area contributed by atoms with Gasteiger partial charge in [-0.05, 0) is 38.0 Å². The molecule has 17 heavy (non-hydrogen) atoms. The van der Waals surface area contributed by atoms with E-state index in [0.717, 1.165) is 23.0 Å². The average molecular weight is 231 g/mol. The molecule has 3 nitrogen and oxygen atoms in total. The molecular weight excluding hydrogens is 210 g/mol. The normalized spacial score (nSPS) is 10.0. The van der Waals surface area contributed by atoms with Crippen molar-refractivity contribution in [1.29, 1.82) is 0 Å². The van der Waals surface area contributed by atoms with Gasteiger partial charge >= 0.3 is 0 Å². The van der Waals surface area contributed by atoms with Gasteiger partial charge in [-0.25, -0.2) is 4.68 Å². The summed E-state index contributed by atoms with van der Waals surface area (Å²) in [6.45, 7) is 10.5. The Kier molecular flexibility index (Phi) is 4.88. The Morgan fingerprint density at radius 2 is 1.71 bits per heavy atom. The summed E-state index contributed by atoms with van der Waals surface area (Å²) in [5.74, 6) is 0.833. The summed E-state index contributed by atoms with van der Waals surface area (Å²) in [6, 6.07) is 5.97. The van der Waals surface area contributed by atoms with Crippen LogP contribution in [0.1, 0.15) is 32.2 Å². The third kappa shape index (κ3) is 4.39. The van der Waals surface area contributed by atoms with Crippen molar-refractivity contribution >= 4 is 0 Å². The molecule has 0 bridgehead atoms. The van der Waals surface area contributed by atoms with Crippen molar-refractivity contribution in [2.75, 3.05) is 0 Å².